The van der Waals surface area contributed by atoms with Crippen LogP contribution in [0, 0.1) is 5.92 Å². The first kappa shape index (κ1) is 10.9. The van der Waals surface area contributed by atoms with Crippen LogP contribution in [0.15, 0.2) is 22.8 Å². The van der Waals surface area contributed by atoms with Gasteiger partial charge in [0.25, 0.3) is 0 Å². The van der Waals surface area contributed by atoms with Gasteiger partial charge in [0.05, 0.1) is 5.54 Å². The predicted molar refractivity (Wildman–Crippen MR) is 65.9 cm³/mol. The summed E-state index contributed by atoms with van der Waals surface area (Å²) in [6, 6.07) is 4.03. The first-order valence-corrected chi connectivity index (χ1v) is 5.96. The number of pyridine rings is 1. The summed E-state index contributed by atoms with van der Waals surface area (Å²) in [4.78, 5) is 6.56. The molecule has 0 aromatic carbocycles. The summed E-state index contributed by atoms with van der Waals surface area (Å²) in [5.41, 5.74) is 6.19. The number of nitrogens with two attached hydrogens (primary N) is 1. The van der Waals surface area contributed by atoms with Gasteiger partial charge in [-0.3, -0.25) is 0 Å². The molecule has 1 fully saturated rings. The Labute approximate surface area is 98.8 Å². The molecule has 4 heteroatoms. The second-order valence-corrected chi connectivity index (χ2v) is 5.49. The van der Waals surface area contributed by atoms with Crippen molar-refractivity contribution in [1.29, 1.82) is 0 Å². The number of nitrogens with zero attached hydrogens (tertiary/aromatic N) is 2. The van der Waals surface area contributed by atoms with Crippen molar-refractivity contribution in [3.8, 4) is 0 Å². The van der Waals surface area contributed by atoms with E-state index in [4.69, 9.17) is 5.73 Å². The van der Waals surface area contributed by atoms with Gasteiger partial charge in [0.15, 0.2) is 0 Å². The summed E-state index contributed by atoms with van der Waals surface area (Å²) < 4.78 is 1.01. The van der Waals surface area contributed by atoms with E-state index in [1.54, 1.807) is 0 Å². The van der Waals surface area contributed by atoms with Gasteiger partial charge in [-0.25, -0.2) is 4.98 Å². The van der Waals surface area contributed by atoms with Crippen LogP contribution in [0.4, 0.5) is 5.82 Å². The molecule has 15 heavy (non-hydrogen) atoms. The van der Waals surface area contributed by atoms with E-state index in [1.165, 1.54) is 0 Å². The minimum Gasteiger partial charge on any atom is -0.353 e. The van der Waals surface area contributed by atoms with E-state index in [1.807, 2.05) is 18.3 Å². The van der Waals surface area contributed by atoms with Crippen LogP contribution in [0.2, 0.25) is 0 Å². The number of rotatable bonds is 2. The Morgan fingerprint density at radius 1 is 1.47 bits per heavy atom. The first-order valence-electron chi connectivity index (χ1n) is 5.17. The summed E-state index contributed by atoms with van der Waals surface area (Å²) in [5.74, 6) is 1.53. The molecule has 1 aromatic heterocycles. The van der Waals surface area contributed by atoms with Crippen molar-refractivity contribution in [2.75, 3.05) is 18.0 Å². The molecule has 0 bridgehead atoms. The molecule has 0 radical (unpaired) electrons. The molecule has 1 aliphatic rings. The lowest BCUT2D eigenvalue weighted by Gasteiger charge is -2.51. The largest absolute Gasteiger partial charge is 0.353 e. The van der Waals surface area contributed by atoms with Gasteiger partial charge < -0.3 is 10.6 Å². The summed E-state index contributed by atoms with van der Waals surface area (Å²) in [6.45, 7) is 6.15. The third-order valence-electron chi connectivity index (χ3n) is 3.16. The van der Waals surface area contributed by atoms with E-state index in [0.29, 0.717) is 5.92 Å². The van der Waals surface area contributed by atoms with Gasteiger partial charge in [0.1, 0.15) is 5.82 Å². The summed E-state index contributed by atoms with van der Waals surface area (Å²) >= 11 is 3.37. The molecule has 0 atom stereocenters. The number of aromatic nitrogens is 1. The molecule has 0 saturated carbocycles. The Bertz CT molecular complexity index is 341. The molecule has 0 unspecified atom stereocenters. The lowest BCUT2D eigenvalue weighted by molar-refractivity contribution is 0.243. The van der Waals surface area contributed by atoms with Gasteiger partial charge >= 0.3 is 0 Å². The number of halogens is 1. The fraction of sp³-hybridized carbons (Fsp3) is 0.545. The molecule has 2 N–H and O–H groups in total. The molecule has 1 aromatic rings. The van der Waals surface area contributed by atoms with Crippen LogP contribution in [0.5, 0.6) is 0 Å². The van der Waals surface area contributed by atoms with Crippen LogP contribution in [0.3, 0.4) is 0 Å². The van der Waals surface area contributed by atoms with Crippen molar-refractivity contribution < 1.29 is 0 Å². The quantitative estimate of drug-likeness (QED) is 0.894. The lowest BCUT2D eigenvalue weighted by atomic mass is 9.80. The predicted octanol–water partition coefficient (Wildman–Crippen LogP) is 2.02. The highest BCUT2D eigenvalue weighted by atomic mass is 79.9. The summed E-state index contributed by atoms with van der Waals surface area (Å²) in [7, 11) is 0. The Balaban J connectivity index is 2.03. The Morgan fingerprint density at radius 2 is 2.13 bits per heavy atom. The van der Waals surface area contributed by atoms with Crippen molar-refractivity contribution in [3.05, 3.63) is 22.8 Å². The maximum atomic E-state index is 6.22. The highest BCUT2D eigenvalue weighted by molar-refractivity contribution is 9.10. The molecule has 2 heterocycles. The fourth-order valence-corrected chi connectivity index (χ4v) is 1.98. The van der Waals surface area contributed by atoms with Crippen molar-refractivity contribution >= 4 is 21.7 Å². The van der Waals surface area contributed by atoms with Crippen LogP contribution in [0.25, 0.3) is 0 Å². The van der Waals surface area contributed by atoms with Crippen molar-refractivity contribution in [1.82, 2.24) is 4.98 Å². The van der Waals surface area contributed by atoms with E-state index in [0.717, 1.165) is 23.4 Å². The maximum absolute atomic E-state index is 6.22. The standard InChI is InChI=1S/C11H16BrN3/c1-8(2)11(13)6-15(7-11)10-4-3-9(12)5-14-10/h3-5,8H,6-7,13H2,1-2H3. The Morgan fingerprint density at radius 3 is 2.60 bits per heavy atom. The van der Waals surface area contributed by atoms with Crippen molar-refractivity contribution in [3.63, 3.8) is 0 Å². The van der Waals surface area contributed by atoms with E-state index >= 15 is 0 Å². The van der Waals surface area contributed by atoms with Crippen LogP contribution in [-0.2, 0) is 0 Å². The van der Waals surface area contributed by atoms with Crippen LogP contribution in [0.1, 0.15) is 13.8 Å². The number of hydrogen-bond donors (Lipinski definition) is 1. The second kappa shape index (κ2) is 3.76. The van der Waals surface area contributed by atoms with Crippen molar-refractivity contribution in [2.45, 2.75) is 19.4 Å². The SMILES string of the molecule is CC(C)C1(N)CN(c2ccc(Br)cn2)C1. The van der Waals surface area contributed by atoms with Gasteiger partial charge in [-0.1, -0.05) is 13.8 Å². The molecule has 3 nitrogen and oxygen atoms in total. The monoisotopic (exact) mass is 269 g/mol. The zero-order chi connectivity index (χ0) is 11.1. The third-order valence-corrected chi connectivity index (χ3v) is 3.63. The normalized spacial score (nSPS) is 19.1. The Hall–Kier alpha value is -0.610. The van der Waals surface area contributed by atoms with Gasteiger partial charge in [-0.15, -0.1) is 0 Å². The lowest BCUT2D eigenvalue weighted by Crippen LogP contribution is -2.70. The van der Waals surface area contributed by atoms with Crippen LogP contribution in [-0.4, -0.2) is 23.6 Å². The van der Waals surface area contributed by atoms with Crippen LogP contribution >= 0.6 is 15.9 Å². The molecule has 0 aliphatic carbocycles. The minimum absolute atomic E-state index is 0.0330. The molecule has 82 valence electrons. The minimum atomic E-state index is -0.0330. The van der Waals surface area contributed by atoms with Gasteiger partial charge in [-0.2, -0.15) is 0 Å². The highest BCUT2D eigenvalue weighted by Gasteiger charge is 2.42. The van der Waals surface area contributed by atoms with Gasteiger partial charge in [-0.05, 0) is 34.0 Å². The molecule has 0 spiro atoms. The van der Waals surface area contributed by atoms with E-state index in [-0.39, 0.29) is 5.54 Å². The van der Waals surface area contributed by atoms with E-state index < -0.39 is 0 Å². The van der Waals surface area contributed by atoms with Crippen molar-refractivity contribution in [2.24, 2.45) is 11.7 Å². The molecular weight excluding hydrogens is 254 g/mol. The molecule has 2 rings (SSSR count). The number of anilines is 1. The second-order valence-electron chi connectivity index (χ2n) is 4.58. The van der Waals surface area contributed by atoms with E-state index in [2.05, 4.69) is 39.7 Å². The van der Waals surface area contributed by atoms with Gasteiger partial charge in [0.2, 0.25) is 0 Å². The average molecular weight is 270 g/mol. The topological polar surface area (TPSA) is 42.1 Å². The summed E-state index contributed by atoms with van der Waals surface area (Å²) in [5, 5.41) is 0. The molecular formula is C11H16BrN3. The maximum Gasteiger partial charge on any atom is 0.128 e. The first-order chi connectivity index (χ1) is 7.01. The highest BCUT2D eigenvalue weighted by Crippen LogP contribution is 2.30. The van der Waals surface area contributed by atoms with Gasteiger partial charge in [0, 0.05) is 23.8 Å². The zero-order valence-electron chi connectivity index (χ0n) is 9.07. The molecule has 1 saturated heterocycles. The third kappa shape index (κ3) is 2.01. The smallest absolute Gasteiger partial charge is 0.128 e. The van der Waals surface area contributed by atoms with Crippen LogP contribution < -0.4 is 10.6 Å². The Kier molecular flexibility index (Phi) is 2.73. The number of hydrogen-bond acceptors (Lipinski definition) is 3. The average Bonchev–Trinajstić information content (AvgIpc) is 2.14. The fourth-order valence-electron chi connectivity index (χ4n) is 1.75. The summed E-state index contributed by atoms with van der Waals surface area (Å²) in [6.07, 6.45) is 1.82. The molecule has 1 aliphatic heterocycles. The molecule has 0 amide bonds. The van der Waals surface area contributed by atoms with E-state index in [9.17, 15) is 0 Å². The zero-order valence-corrected chi connectivity index (χ0v) is 10.7.